The summed E-state index contributed by atoms with van der Waals surface area (Å²) in [4.78, 5) is 24.2. The number of sulfonamides is 1. The van der Waals surface area contributed by atoms with Crippen LogP contribution in [0.2, 0.25) is 5.02 Å². The predicted molar refractivity (Wildman–Crippen MR) is 87.9 cm³/mol. The molecule has 1 aliphatic heterocycles. The normalized spacial score (nSPS) is 22.0. The summed E-state index contributed by atoms with van der Waals surface area (Å²) in [6.45, 7) is 0.338. The van der Waals surface area contributed by atoms with E-state index in [2.05, 4.69) is 10.6 Å². The Morgan fingerprint density at radius 3 is 2.58 bits per heavy atom. The van der Waals surface area contributed by atoms with Crippen molar-refractivity contribution in [3.63, 3.8) is 0 Å². The maximum atomic E-state index is 12.8. The van der Waals surface area contributed by atoms with Gasteiger partial charge in [-0.1, -0.05) is 11.6 Å². The molecule has 1 aromatic carbocycles. The Kier molecular flexibility index (Phi) is 4.80. The molecule has 0 aromatic heterocycles. The zero-order valence-electron chi connectivity index (χ0n) is 12.9. The highest BCUT2D eigenvalue weighted by atomic mass is 35.5. The fourth-order valence-electron chi connectivity index (χ4n) is 2.61. The molecule has 0 bridgehead atoms. The van der Waals surface area contributed by atoms with Crippen molar-refractivity contribution in [2.75, 3.05) is 13.1 Å². The number of hydrogen-bond donors (Lipinski definition) is 2. The molecule has 1 atom stereocenters. The molecular formula is C15H18ClN3O4S. The lowest BCUT2D eigenvalue weighted by molar-refractivity contribution is -0.131. The van der Waals surface area contributed by atoms with Gasteiger partial charge in [0, 0.05) is 24.2 Å². The van der Waals surface area contributed by atoms with Crippen LogP contribution in [0.5, 0.6) is 0 Å². The highest BCUT2D eigenvalue weighted by Gasteiger charge is 2.40. The number of hydrogen-bond acceptors (Lipinski definition) is 4. The van der Waals surface area contributed by atoms with Gasteiger partial charge in [-0.25, -0.2) is 8.42 Å². The van der Waals surface area contributed by atoms with Gasteiger partial charge in [0.05, 0.1) is 11.3 Å². The minimum atomic E-state index is -3.89. The van der Waals surface area contributed by atoms with Crippen LogP contribution < -0.4 is 10.6 Å². The van der Waals surface area contributed by atoms with E-state index in [1.165, 1.54) is 24.3 Å². The van der Waals surface area contributed by atoms with Crippen LogP contribution in [0.25, 0.3) is 0 Å². The van der Waals surface area contributed by atoms with Crippen LogP contribution in [0.15, 0.2) is 29.2 Å². The number of piperazine rings is 1. The fraction of sp³-hybridized carbons (Fsp3) is 0.467. The predicted octanol–water partition coefficient (Wildman–Crippen LogP) is 0.498. The third-order valence-electron chi connectivity index (χ3n) is 4.02. The van der Waals surface area contributed by atoms with Crippen molar-refractivity contribution >= 4 is 33.4 Å². The molecule has 1 aromatic rings. The highest BCUT2D eigenvalue weighted by molar-refractivity contribution is 7.89. The molecule has 3 rings (SSSR count). The summed E-state index contributed by atoms with van der Waals surface area (Å²) >= 11 is 5.80. The third kappa shape index (κ3) is 3.71. The molecule has 7 nitrogen and oxygen atoms in total. The van der Waals surface area contributed by atoms with Crippen LogP contribution in [0.3, 0.4) is 0 Å². The SMILES string of the molecule is O=C(C[C@H]1C(=O)NCCN1S(=O)(=O)c1ccc(Cl)cc1)NC1CC1. The molecule has 2 fully saturated rings. The largest absolute Gasteiger partial charge is 0.353 e. The van der Waals surface area contributed by atoms with Gasteiger partial charge in [-0.15, -0.1) is 0 Å². The van der Waals surface area contributed by atoms with Crippen LogP contribution in [0, 0.1) is 0 Å². The van der Waals surface area contributed by atoms with Crippen LogP contribution in [0.1, 0.15) is 19.3 Å². The van der Waals surface area contributed by atoms with E-state index in [1.54, 1.807) is 0 Å². The van der Waals surface area contributed by atoms with Gasteiger partial charge in [0.25, 0.3) is 0 Å². The van der Waals surface area contributed by atoms with Gasteiger partial charge in [-0.2, -0.15) is 4.31 Å². The van der Waals surface area contributed by atoms with Crippen LogP contribution >= 0.6 is 11.6 Å². The maximum absolute atomic E-state index is 12.8. The first kappa shape index (κ1) is 17.2. The quantitative estimate of drug-likeness (QED) is 0.787. The van der Waals surface area contributed by atoms with Gasteiger partial charge in [-0.05, 0) is 37.1 Å². The van der Waals surface area contributed by atoms with E-state index in [-0.39, 0.29) is 36.4 Å². The van der Waals surface area contributed by atoms with Gasteiger partial charge in [0.15, 0.2) is 0 Å². The molecule has 2 aliphatic rings. The van der Waals surface area contributed by atoms with Crippen molar-refractivity contribution in [1.29, 1.82) is 0 Å². The lowest BCUT2D eigenvalue weighted by Gasteiger charge is -2.33. The monoisotopic (exact) mass is 371 g/mol. The number of nitrogens with one attached hydrogen (secondary N) is 2. The Balaban J connectivity index is 1.83. The zero-order chi connectivity index (χ0) is 17.3. The number of benzene rings is 1. The molecule has 0 radical (unpaired) electrons. The summed E-state index contributed by atoms with van der Waals surface area (Å²) in [6, 6.07) is 4.86. The first-order valence-electron chi connectivity index (χ1n) is 7.72. The van der Waals surface area contributed by atoms with E-state index in [4.69, 9.17) is 11.6 Å². The Hall–Kier alpha value is -1.64. The average Bonchev–Trinajstić information content (AvgIpc) is 3.33. The van der Waals surface area contributed by atoms with Gasteiger partial charge < -0.3 is 10.6 Å². The molecule has 130 valence electrons. The lowest BCUT2D eigenvalue weighted by Crippen LogP contribution is -2.58. The topological polar surface area (TPSA) is 95.6 Å². The first-order chi connectivity index (χ1) is 11.4. The lowest BCUT2D eigenvalue weighted by atomic mass is 10.1. The van der Waals surface area contributed by atoms with Crippen LogP contribution in [0.4, 0.5) is 0 Å². The van der Waals surface area contributed by atoms with Crippen molar-refractivity contribution in [2.24, 2.45) is 0 Å². The van der Waals surface area contributed by atoms with Crippen molar-refractivity contribution in [3.8, 4) is 0 Å². The molecule has 0 spiro atoms. The number of rotatable bonds is 5. The summed E-state index contributed by atoms with van der Waals surface area (Å²) in [5.41, 5.74) is 0. The molecule has 1 saturated carbocycles. The smallest absolute Gasteiger partial charge is 0.243 e. The maximum Gasteiger partial charge on any atom is 0.243 e. The minimum Gasteiger partial charge on any atom is -0.353 e. The summed E-state index contributed by atoms with van der Waals surface area (Å²) in [6.07, 6.45) is 1.67. The van der Waals surface area contributed by atoms with Gasteiger partial charge >= 0.3 is 0 Å². The van der Waals surface area contributed by atoms with Crippen molar-refractivity contribution in [2.45, 2.75) is 36.2 Å². The summed E-state index contributed by atoms with van der Waals surface area (Å²) in [7, 11) is -3.89. The number of carbonyl (C=O) groups excluding carboxylic acids is 2. The third-order valence-corrected chi connectivity index (χ3v) is 6.20. The molecule has 24 heavy (non-hydrogen) atoms. The second-order valence-electron chi connectivity index (χ2n) is 5.92. The summed E-state index contributed by atoms with van der Waals surface area (Å²) < 4.78 is 26.8. The van der Waals surface area contributed by atoms with Crippen molar-refractivity contribution in [1.82, 2.24) is 14.9 Å². The molecule has 1 aliphatic carbocycles. The minimum absolute atomic E-state index is 0.0502. The molecule has 1 heterocycles. The Morgan fingerprint density at radius 1 is 1.29 bits per heavy atom. The molecule has 1 saturated heterocycles. The average molecular weight is 372 g/mol. The van der Waals surface area contributed by atoms with Crippen molar-refractivity contribution < 1.29 is 18.0 Å². The molecular weight excluding hydrogens is 354 g/mol. The van der Waals surface area contributed by atoms with Gasteiger partial charge in [0.2, 0.25) is 21.8 Å². The van der Waals surface area contributed by atoms with Gasteiger partial charge in [0.1, 0.15) is 6.04 Å². The van der Waals surface area contributed by atoms with E-state index in [9.17, 15) is 18.0 Å². The zero-order valence-corrected chi connectivity index (χ0v) is 14.4. The molecule has 9 heteroatoms. The Labute approximate surface area is 145 Å². The van der Waals surface area contributed by atoms with E-state index in [0.29, 0.717) is 5.02 Å². The van der Waals surface area contributed by atoms with Crippen LogP contribution in [-0.4, -0.2) is 49.7 Å². The van der Waals surface area contributed by atoms with E-state index in [1.807, 2.05) is 0 Å². The van der Waals surface area contributed by atoms with E-state index in [0.717, 1.165) is 17.1 Å². The van der Waals surface area contributed by atoms with Crippen molar-refractivity contribution in [3.05, 3.63) is 29.3 Å². The molecule has 0 unspecified atom stereocenters. The Morgan fingerprint density at radius 2 is 1.96 bits per heavy atom. The summed E-state index contributed by atoms with van der Waals surface area (Å²) in [5, 5.41) is 5.83. The van der Waals surface area contributed by atoms with E-state index < -0.39 is 22.0 Å². The van der Waals surface area contributed by atoms with Gasteiger partial charge in [-0.3, -0.25) is 9.59 Å². The van der Waals surface area contributed by atoms with Crippen LogP contribution in [-0.2, 0) is 19.6 Å². The first-order valence-corrected chi connectivity index (χ1v) is 9.54. The number of amides is 2. The summed E-state index contributed by atoms with van der Waals surface area (Å²) in [5.74, 6) is -0.763. The Bertz CT molecular complexity index is 746. The number of carbonyl (C=O) groups is 2. The molecule has 2 N–H and O–H groups in total. The number of nitrogens with zero attached hydrogens (tertiary/aromatic N) is 1. The fourth-order valence-corrected chi connectivity index (χ4v) is 4.32. The highest BCUT2D eigenvalue weighted by Crippen LogP contribution is 2.24. The molecule has 2 amide bonds. The standard InChI is InChI=1S/C15H18ClN3O4S/c16-10-1-5-12(6-2-10)24(22,23)19-8-7-17-15(21)13(19)9-14(20)18-11-3-4-11/h1-2,5-6,11,13H,3-4,7-9H2,(H,17,21)(H,18,20)/t13-/m0/s1. The number of halogens is 1. The van der Waals surface area contributed by atoms with E-state index >= 15 is 0 Å². The second-order valence-corrected chi connectivity index (χ2v) is 8.25. The second kappa shape index (κ2) is 6.70.